The highest BCUT2D eigenvalue weighted by molar-refractivity contribution is 5.87. The van der Waals surface area contributed by atoms with Crippen LogP contribution in [0.1, 0.15) is 33.4 Å². The highest BCUT2D eigenvalue weighted by atomic mass is 15.1. The van der Waals surface area contributed by atoms with E-state index in [4.69, 9.17) is 9.97 Å². The van der Waals surface area contributed by atoms with Gasteiger partial charge in [-0.05, 0) is 141 Å². The van der Waals surface area contributed by atoms with Gasteiger partial charge in [0.15, 0.2) is 0 Å². The van der Waals surface area contributed by atoms with E-state index in [1.165, 1.54) is 22.3 Å². The molecule has 4 nitrogen and oxygen atoms in total. The lowest BCUT2D eigenvalue weighted by molar-refractivity contribution is 1.22. The maximum absolute atomic E-state index is 5.06. The molecule has 0 aliphatic heterocycles. The molecule has 0 bridgehead atoms. The largest absolute Gasteiger partial charge is 0.311 e. The van der Waals surface area contributed by atoms with E-state index in [9.17, 15) is 0 Å². The van der Waals surface area contributed by atoms with Gasteiger partial charge < -0.3 is 9.80 Å². The van der Waals surface area contributed by atoms with Gasteiger partial charge in [-0.3, -0.25) is 4.98 Å². The van der Waals surface area contributed by atoms with Crippen LogP contribution in [0, 0.1) is 27.7 Å². The molecule has 0 N–H and O–H groups in total. The van der Waals surface area contributed by atoms with Gasteiger partial charge in [0.1, 0.15) is 0 Å². The average molecular weight is 851 g/mol. The van der Waals surface area contributed by atoms with Crippen molar-refractivity contribution < 1.29 is 0 Å². The first-order valence-electron chi connectivity index (χ1n) is 22.5. The zero-order chi connectivity index (χ0) is 45.0. The number of hydrogen-bond donors (Lipinski definition) is 0. The minimum atomic E-state index is 0.933. The van der Waals surface area contributed by atoms with Crippen LogP contribution in [0.2, 0.25) is 0 Å². The summed E-state index contributed by atoms with van der Waals surface area (Å²) in [5, 5.41) is 1.11. The van der Waals surface area contributed by atoms with Gasteiger partial charge in [-0.1, -0.05) is 156 Å². The molecule has 0 saturated carbocycles. The third kappa shape index (κ3) is 9.17. The van der Waals surface area contributed by atoms with Crippen LogP contribution >= 0.6 is 0 Å². The molecule has 0 unspecified atom stereocenters. The first kappa shape index (κ1) is 41.7. The third-order valence-corrected chi connectivity index (χ3v) is 12.2. The first-order valence-corrected chi connectivity index (χ1v) is 22.5. The molecule has 2 aromatic heterocycles. The van der Waals surface area contributed by atoms with Crippen molar-refractivity contribution in [2.24, 2.45) is 0 Å². The van der Waals surface area contributed by atoms with Crippen LogP contribution in [0.5, 0.6) is 0 Å². The number of aromatic nitrogens is 2. The van der Waals surface area contributed by atoms with Crippen LogP contribution < -0.4 is 9.80 Å². The summed E-state index contributed by atoms with van der Waals surface area (Å²) in [6.45, 7) is 8.47. The Bertz CT molecular complexity index is 3170. The van der Waals surface area contributed by atoms with E-state index in [2.05, 4.69) is 262 Å². The fourth-order valence-electron chi connectivity index (χ4n) is 8.35. The van der Waals surface area contributed by atoms with Gasteiger partial charge in [0.2, 0.25) is 0 Å². The minimum absolute atomic E-state index is 0.933. The second kappa shape index (κ2) is 18.4. The third-order valence-electron chi connectivity index (χ3n) is 12.2. The second-order valence-electron chi connectivity index (χ2n) is 17.1. The fourth-order valence-corrected chi connectivity index (χ4v) is 8.35. The summed E-state index contributed by atoms with van der Waals surface area (Å²) >= 11 is 0. The summed E-state index contributed by atoms with van der Waals surface area (Å²) in [6, 6.07) is 75.7. The predicted molar refractivity (Wildman–Crippen MR) is 280 cm³/mol. The Labute approximate surface area is 388 Å². The molecule has 0 saturated heterocycles. The maximum Gasteiger partial charge on any atom is 0.0709 e. The Morgan fingerprint density at radius 2 is 0.682 bits per heavy atom. The van der Waals surface area contributed by atoms with Crippen molar-refractivity contribution in [2.45, 2.75) is 27.7 Å². The standard InChI is InChI=1S/C62H50N4/c1-43-5-27-54(28-6-43)65(55-29-7-44(2)8-30-55)58-35-17-48(18-36-58)14-13-47-15-19-51(20-16-47)61-39-26-53-41-52(25-38-62(53)64-61)49-21-23-50(24-22-49)60-40-37-59(42-63-60)66(56-31-9-45(3)10-32-56)57-33-11-46(4)12-34-57/h5-42H,1-4H3/b14-13+. The van der Waals surface area contributed by atoms with Crippen molar-refractivity contribution in [2.75, 3.05) is 9.80 Å². The Morgan fingerprint density at radius 3 is 1.15 bits per heavy atom. The highest BCUT2D eigenvalue weighted by Gasteiger charge is 2.15. The summed E-state index contributed by atoms with van der Waals surface area (Å²) in [6.07, 6.45) is 6.30. The van der Waals surface area contributed by atoms with Crippen molar-refractivity contribution in [1.82, 2.24) is 9.97 Å². The summed E-state index contributed by atoms with van der Waals surface area (Å²) in [4.78, 5) is 14.5. The van der Waals surface area contributed by atoms with Crippen LogP contribution in [0.3, 0.4) is 0 Å². The molecule has 0 amide bonds. The Morgan fingerprint density at radius 1 is 0.318 bits per heavy atom. The van der Waals surface area contributed by atoms with Gasteiger partial charge in [0.25, 0.3) is 0 Å². The van der Waals surface area contributed by atoms with E-state index in [1.54, 1.807) is 0 Å². The number of hydrogen-bond acceptors (Lipinski definition) is 4. The average Bonchev–Trinajstić information content (AvgIpc) is 3.36. The smallest absolute Gasteiger partial charge is 0.0709 e. The van der Waals surface area contributed by atoms with E-state index in [1.807, 2.05) is 6.20 Å². The van der Waals surface area contributed by atoms with Crippen molar-refractivity contribution in [3.63, 3.8) is 0 Å². The van der Waals surface area contributed by atoms with Gasteiger partial charge in [-0.15, -0.1) is 0 Å². The van der Waals surface area contributed by atoms with Crippen molar-refractivity contribution >= 4 is 57.2 Å². The van der Waals surface area contributed by atoms with Gasteiger partial charge >= 0.3 is 0 Å². The number of rotatable bonds is 11. The quantitative estimate of drug-likeness (QED) is 0.121. The zero-order valence-electron chi connectivity index (χ0n) is 37.7. The van der Waals surface area contributed by atoms with Crippen LogP contribution in [0.15, 0.2) is 219 Å². The van der Waals surface area contributed by atoms with E-state index >= 15 is 0 Å². The van der Waals surface area contributed by atoms with Crippen LogP contribution in [-0.2, 0) is 0 Å². The molecule has 66 heavy (non-hydrogen) atoms. The molecule has 4 heteroatoms. The van der Waals surface area contributed by atoms with Gasteiger partial charge in [-0.25, -0.2) is 4.98 Å². The molecule has 0 radical (unpaired) electrons. The SMILES string of the molecule is Cc1ccc(N(c2ccc(C)cc2)c2ccc(/C=C/c3ccc(-c4ccc5cc(-c6ccc(-c7ccc(N(c8ccc(C)cc8)c8ccc(C)cc8)cn7)cc6)ccc5n4)cc3)cc2)cc1. The minimum Gasteiger partial charge on any atom is -0.311 e. The van der Waals surface area contributed by atoms with Crippen LogP contribution in [0.25, 0.3) is 56.7 Å². The zero-order valence-corrected chi connectivity index (χ0v) is 37.7. The molecular weight excluding hydrogens is 801 g/mol. The molecule has 0 aliphatic rings. The molecule has 10 rings (SSSR count). The summed E-state index contributed by atoms with van der Waals surface area (Å²) in [7, 11) is 0. The Kier molecular flexibility index (Phi) is 11.6. The monoisotopic (exact) mass is 850 g/mol. The van der Waals surface area contributed by atoms with Crippen molar-refractivity contribution in [3.8, 4) is 33.6 Å². The lowest BCUT2D eigenvalue weighted by Gasteiger charge is -2.25. The number of benzene rings is 8. The molecule has 0 aliphatic carbocycles. The van der Waals surface area contributed by atoms with Crippen LogP contribution in [0.4, 0.5) is 34.1 Å². The lowest BCUT2D eigenvalue weighted by Crippen LogP contribution is -2.10. The van der Waals surface area contributed by atoms with Gasteiger partial charge in [0, 0.05) is 45.0 Å². The maximum atomic E-state index is 5.06. The molecule has 0 fully saturated rings. The molecule has 8 aromatic carbocycles. The van der Waals surface area contributed by atoms with E-state index in [-0.39, 0.29) is 0 Å². The lowest BCUT2D eigenvalue weighted by atomic mass is 10.0. The number of nitrogens with zero attached hydrogens (tertiary/aromatic N) is 4. The van der Waals surface area contributed by atoms with Crippen molar-refractivity contribution in [3.05, 3.63) is 252 Å². The predicted octanol–water partition coefficient (Wildman–Crippen LogP) is 17.0. The molecule has 10 aromatic rings. The molecule has 0 spiro atoms. The molecule has 0 atom stereocenters. The Hall–Kier alpha value is -8.34. The number of anilines is 6. The second-order valence-corrected chi connectivity index (χ2v) is 17.1. The van der Waals surface area contributed by atoms with Crippen LogP contribution in [-0.4, -0.2) is 9.97 Å². The summed E-state index contributed by atoms with van der Waals surface area (Å²) in [5.74, 6) is 0. The number of aryl methyl sites for hydroxylation is 4. The Balaban J connectivity index is 0.804. The fraction of sp³-hybridized carbons (Fsp3) is 0.0645. The molecule has 318 valence electrons. The van der Waals surface area contributed by atoms with E-state index < -0.39 is 0 Å². The number of pyridine rings is 2. The first-order chi connectivity index (χ1) is 32.3. The van der Waals surface area contributed by atoms with E-state index in [0.717, 1.165) is 89.8 Å². The molecular formula is C62H50N4. The highest BCUT2D eigenvalue weighted by Crippen LogP contribution is 2.37. The van der Waals surface area contributed by atoms with Crippen molar-refractivity contribution in [1.29, 1.82) is 0 Å². The van der Waals surface area contributed by atoms with Gasteiger partial charge in [-0.2, -0.15) is 0 Å². The topological polar surface area (TPSA) is 32.3 Å². The molecule has 2 heterocycles. The van der Waals surface area contributed by atoms with Gasteiger partial charge in [0.05, 0.1) is 28.8 Å². The summed E-state index contributed by atoms with van der Waals surface area (Å²) < 4.78 is 0. The summed E-state index contributed by atoms with van der Waals surface area (Å²) in [5.41, 5.74) is 21.2. The normalized spacial score (nSPS) is 11.3. The number of fused-ring (bicyclic) bond motifs is 1. The van der Waals surface area contributed by atoms with E-state index in [0.29, 0.717) is 0 Å².